The number of carbonyl (C=O) groups excluding carboxylic acids is 1. The lowest BCUT2D eigenvalue weighted by atomic mass is 10.1. The molecule has 1 N–H and O–H groups in total. The second kappa shape index (κ2) is 9.11. The number of nitrogens with one attached hydrogen (secondary N) is 1. The number of amides is 1. The average molecular weight is 358 g/mol. The third-order valence-electron chi connectivity index (χ3n) is 3.60. The number of carbonyl (C=O) groups is 1. The van der Waals surface area contributed by atoms with E-state index in [0.29, 0.717) is 35.2 Å². The van der Waals surface area contributed by atoms with Gasteiger partial charge < -0.3 is 9.64 Å². The Bertz CT molecular complexity index is 568. The summed E-state index contributed by atoms with van der Waals surface area (Å²) < 4.78 is 5.54. The first kappa shape index (κ1) is 18.0. The van der Waals surface area contributed by atoms with Crippen LogP contribution >= 0.6 is 23.2 Å². The molecule has 7 heteroatoms. The minimum Gasteiger partial charge on any atom is -0.492 e. The molecule has 0 bridgehead atoms. The maximum Gasteiger partial charge on any atom is 0.240 e. The molecule has 1 fully saturated rings. The van der Waals surface area contributed by atoms with Crippen LogP contribution in [0, 0.1) is 0 Å². The largest absolute Gasteiger partial charge is 0.492 e. The Labute approximate surface area is 146 Å². The Morgan fingerprint density at radius 2 is 2.09 bits per heavy atom. The van der Waals surface area contributed by atoms with Gasteiger partial charge in [-0.1, -0.05) is 23.2 Å². The smallest absolute Gasteiger partial charge is 0.240 e. The predicted molar refractivity (Wildman–Crippen MR) is 93.5 cm³/mol. The normalized spacial score (nSPS) is 15.3. The number of ether oxygens (including phenoxy) is 1. The van der Waals surface area contributed by atoms with Gasteiger partial charge in [0.2, 0.25) is 5.91 Å². The fraction of sp³-hybridized carbons (Fsp3) is 0.500. The molecule has 0 saturated carbocycles. The highest BCUT2D eigenvalue weighted by molar-refractivity contribution is 6.35. The molecule has 1 heterocycles. The molecule has 1 aromatic rings. The van der Waals surface area contributed by atoms with Crippen LogP contribution < -0.4 is 10.2 Å². The van der Waals surface area contributed by atoms with Gasteiger partial charge in [-0.2, -0.15) is 5.10 Å². The highest BCUT2D eigenvalue weighted by atomic mass is 35.5. The van der Waals surface area contributed by atoms with Crippen molar-refractivity contribution in [2.75, 3.05) is 26.7 Å². The molecule has 1 amide bonds. The van der Waals surface area contributed by atoms with Gasteiger partial charge >= 0.3 is 0 Å². The van der Waals surface area contributed by atoms with Crippen LogP contribution in [0.1, 0.15) is 25.7 Å². The molecular weight excluding hydrogens is 337 g/mol. The summed E-state index contributed by atoms with van der Waals surface area (Å²) in [6.07, 6.45) is 2.78. The summed E-state index contributed by atoms with van der Waals surface area (Å²) in [5.41, 5.74) is 3.67. The molecule has 0 spiro atoms. The Kier molecular flexibility index (Phi) is 7.15. The maximum atomic E-state index is 11.7. The molecule has 5 nitrogen and oxygen atoms in total. The SMILES string of the molecule is CN1CCC(=NNC(=O)CCCOc2ccc(Cl)cc2Cl)CC1. The standard InChI is InChI=1S/C16H21Cl2N3O2/c1-21-8-6-13(7-9-21)19-20-16(22)3-2-10-23-15-5-4-12(17)11-14(15)18/h4-5,11H,2-3,6-10H2,1H3,(H,20,22). The summed E-state index contributed by atoms with van der Waals surface area (Å²) in [6.45, 7) is 2.39. The first-order valence-electron chi connectivity index (χ1n) is 7.65. The van der Waals surface area contributed by atoms with Crippen molar-refractivity contribution in [3.8, 4) is 5.75 Å². The Hall–Kier alpha value is -1.30. The van der Waals surface area contributed by atoms with Crippen LogP contribution in [0.2, 0.25) is 10.0 Å². The molecule has 23 heavy (non-hydrogen) atoms. The molecule has 126 valence electrons. The number of piperidine rings is 1. The quantitative estimate of drug-likeness (QED) is 0.627. The van der Waals surface area contributed by atoms with Crippen molar-refractivity contribution in [1.29, 1.82) is 0 Å². The van der Waals surface area contributed by atoms with E-state index in [1.165, 1.54) is 0 Å². The third kappa shape index (κ3) is 6.37. The van der Waals surface area contributed by atoms with Crippen molar-refractivity contribution in [1.82, 2.24) is 10.3 Å². The van der Waals surface area contributed by atoms with E-state index in [9.17, 15) is 4.79 Å². The minimum absolute atomic E-state index is 0.0952. The number of hydrogen-bond acceptors (Lipinski definition) is 4. The minimum atomic E-state index is -0.0952. The van der Waals surface area contributed by atoms with Gasteiger partial charge in [-0.25, -0.2) is 5.43 Å². The van der Waals surface area contributed by atoms with Crippen LogP contribution in [0.5, 0.6) is 5.75 Å². The Balaban J connectivity index is 1.64. The fourth-order valence-electron chi connectivity index (χ4n) is 2.19. The molecule has 0 aromatic heterocycles. The van der Waals surface area contributed by atoms with Crippen LogP contribution in [0.4, 0.5) is 0 Å². The van der Waals surface area contributed by atoms with Gasteiger partial charge in [0, 0.05) is 43.1 Å². The zero-order chi connectivity index (χ0) is 16.7. The van der Waals surface area contributed by atoms with E-state index >= 15 is 0 Å². The van der Waals surface area contributed by atoms with Crippen molar-refractivity contribution in [2.24, 2.45) is 5.10 Å². The number of likely N-dealkylation sites (tertiary alicyclic amines) is 1. The van der Waals surface area contributed by atoms with Gasteiger partial charge in [0.15, 0.2) is 0 Å². The highest BCUT2D eigenvalue weighted by Gasteiger charge is 2.11. The number of nitrogens with zero attached hydrogens (tertiary/aromatic N) is 2. The van der Waals surface area contributed by atoms with E-state index in [2.05, 4.69) is 22.5 Å². The van der Waals surface area contributed by atoms with Gasteiger partial charge in [0.25, 0.3) is 0 Å². The second-order valence-electron chi connectivity index (χ2n) is 5.54. The molecule has 1 saturated heterocycles. The second-order valence-corrected chi connectivity index (χ2v) is 6.39. The van der Waals surface area contributed by atoms with Crippen LogP contribution in [-0.2, 0) is 4.79 Å². The molecule has 1 aliphatic rings. The van der Waals surface area contributed by atoms with Crippen LogP contribution in [0.15, 0.2) is 23.3 Å². The number of rotatable bonds is 6. The summed E-state index contributed by atoms with van der Waals surface area (Å²) in [4.78, 5) is 14.0. The molecule has 2 rings (SSSR count). The van der Waals surface area contributed by atoms with Gasteiger partial charge in [-0.15, -0.1) is 0 Å². The lowest BCUT2D eigenvalue weighted by molar-refractivity contribution is -0.121. The van der Waals surface area contributed by atoms with Gasteiger partial charge in [0.05, 0.1) is 11.6 Å². The summed E-state index contributed by atoms with van der Waals surface area (Å²) in [5, 5.41) is 5.22. The van der Waals surface area contributed by atoms with Crippen molar-refractivity contribution in [2.45, 2.75) is 25.7 Å². The molecule has 1 aromatic carbocycles. The Morgan fingerprint density at radius 3 is 2.78 bits per heavy atom. The Morgan fingerprint density at radius 1 is 1.35 bits per heavy atom. The maximum absolute atomic E-state index is 11.7. The summed E-state index contributed by atoms with van der Waals surface area (Å²) in [5.74, 6) is 0.477. The van der Waals surface area contributed by atoms with Crippen LogP contribution in [0.3, 0.4) is 0 Å². The monoisotopic (exact) mass is 357 g/mol. The van der Waals surface area contributed by atoms with Crippen LogP contribution in [-0.4, -0.2) is 43.3 Å². The summed E-state index contributed by atoms with van der Waals surface area (Å²) in [6, 6.07) is 5.06. The van der Waals surface area contributed by atoms with Gasteiger partial charge in [0.1, 0.15) is 5.75 Å². The molecule has 0 unspecified atom stereocenters. The van der Waals surface area contributed by atoms with Crippen molar-refractivity contribution >= 4 is 34.8 Å². The molecule has 0 aliphatic carbocycles. The molecule has 0 atom stereocenters. The highest BCUT2D eigenvalue weighted by Crippen LogP contribution is 2.27. The predicted octanol–water partition coefficient (Wildman–Crippen LogP) is 3.35. The first-order chi connectivity index (χ1) is 11.0. The topological polar surface area (TPSA) is 53.9 Å². The molecular formula is C16H21Cl2N3O2. The zero-order valence-electron chi connectivity index (χ0n) is 13.1. The van der Waals surface area contributed by atoms with Crippen molar-refractivity contribution in [3.05, 3.63) is 28.2 Å². The van der Waals surface area contributed by atoms with E-state index in [1.807, 2.05) is 0 Å². The first-order valence-corrected chi connectivity index (χ1v) is 8.41. The van der Waals surface area contributed by atoms with E-state index in [0.717, 1.165) is 31.6 Å². The van der Waals surface area contributed by atoms with E-state index in [4.69, 9.17) is 27.9 Å². The number of halogens is 2. The van der Waals surface area contributed by atoms with Crippen molar-refractivity contribution in [3.63, 3.8) is 0 Å². The lowest BCUT2D eigenvalue weighted by Gasteiger charge is -2.22. The number of hydrazone groups is 1. The van der Waals surface area contributed by atoms with Gasteiger partial charge in [-0.05, 0) is 31.7 Å². The summed E-state index contributed by atoms with van der Waals surface area (Å²) >= 11 is 11.8. The molecule has 1 aliphatic heterocycles. The third-order valence-corrected chi connectivity index (χ3v) is 4.13. The van der Waals surface area contributed by atoms with E-state index in [1.54, 1.807) is 18.2 Å². The van der Waals surface area contributed by atoms with E-state index in [-0.39, 0.29) is 5.91 Å². The van der Waals surface area contributed by atoms with E-state index < -0.39 is 0 Å². The lowest BCUT2D eigenvalue weighted by Crippen LogP contribution is -2.32. The molecule has 0 radical (unpaired) electrons. The number of hydrogen-bond donors (Lipinski definition) is 1. The average Bonchev–Trinajstić information content (AvgIpc) is 2.52. The van der Waals surface area contributed by atoms with Gasteiger partial charge in [-0.3, -0.25) is 4.79 Å². The summed E-state index contributed by atoms with van der Waals surface area (Å²) in [7, 11) is 2.09. The zero-order valence-corrected chi connectivity index (χ0v) is 14.7. The van der Waals surface area contributed by atoms with Crippen LogP contribution in [0.25, 0.3) is 0 Å². The fourth-order valence-corrected chi connectivity index (χ4v) is 2.66. The number of benzene rings is 1. The van der Waals surface area contributed by atoms with Crippen molar-refractivity contribution < 1.29 is 9.53 Å².